The van der Waals surface area contributed by atoms with E-state index in [9.17, 15) is 4.79 Å². The van der Waals surface area contributed by atoms with Gasteiger partial charge in [0.2, 0.25) is 0 Å². The van der Waals surface area contributed by atoms with Crippen molar-refractivity contribution in [2.24, 2.45) is 0 Å². The maximum Gasteiger partial charge on any atom is 0.167 e. The number of anilines is 1. The Bertz CT molecular complexity index is 1220. The average molecular weight is 405 g/mol. The highest BCUT2D eigenvalue weighted by Crippen LogP contribution is 2.41. The Morgan fingerprint density at radius 2 is 1.42 bits per heavy atom. The lowest BCUT2D eigenvalue weighted by molar-refractivity contribution is 0.0973. The quantitative estimate of drug-likeness (QED) is 0.407. The second kappa shape index (κ2) is 8.11. The highest BCUT2D eigenvalue weighted by molar-refractivity contribution is 6.10. The smallest absolute Gasteiger partial charge is 0.167 e. The van der Waals surface area contributed by atoms with Gasteiger partial charge in [-0.2, -0.15) is 0 Å². The van der Waals surface area contributed by atoms with Crippen LogP contribution in [0, 0.1) is 0 Å². The van der Waals surface area contributed by atoms with Gasteiger partial charge in [-0.25, -0.2) is 0 Å². The van der Waals surface area contributed by atoms with E-state index < -0.39 is 0 Å². The summed E-state index contributed by atoms with van der Waals surface area (Å²) >= 11 is 0. The summed E-state index contributed by atoms with van der Waals surface area (Å²) in [6.07, 6.45) is 0.420. The molecule has 5 rings (SSSR count). The molecule has 4 aromatic rings. The molecule has 1 atom stereocenters. The summed E-state index contributed by atoms with van der Waals surface area (Å²) in [5.41, 5.74) is 6.98. The van der Waals surface area contributed by atoms with E-state index in [1.165, 1.54) is 0 Å². The predicted molar refractivity (Wildman–Crippen MR) is 126 cm³/mol. The molecule has 3 nitrogen and oxygen atoms in total. The number of methoxy groups -OCH3 is 1. The van der Waals surface area contributed by atoms with E-state index in [0.717, 1.165) is 44.8 Å². The van der Waals surface area contributed by atoms with E-state index in [1.807, 2.05) is 60.7 Å². The lowest BCUT2D eigenvalue weighted by Gasteiger charge is -2.29. The summed E-state index contributed by atoms with van der Waals surface area (Å²) < 4.78 is 5.28. The fourth-order valence-corrected chi connectivity index (χ4v) is 4.26. The molecule has 0 aromatic heterocycles. The van der Waals surface area contributed by atoms with Crippen LogP contribution in [-0.4, -0.2) is 12.9 Å². The maximum absolute atomic E-state index is 13.4. The Balaban J connectivity index is 1.63. The van der Waals surface area contributed by atoms with Crippen molar-refractivity contribution in [1.29, 1.82) is 0 Å². The minimum atomic E-state index is -0.0689. The first kappa shape index (κ1) is 19.1. The summed E-state index contributed by atoms with van der Waals surface area (Å²) in [5.74, 6) is 0.969. The van der Waals surface area contributed by atoms with Crippen molar-refractivity contribution in [2.75, 3.05) is 12.4 Å². The van der Waals surface area contributed by atoms with Gasteiger partial charge in [0.1, 0.15) is 5.75 Å². The zero-order valence-corrected chi connectivity index (χ0v) is 17.3. The Labute approximate surface area is 182 Å². The standard InChI is InChI=1S/C28H23NO2/c1-31-23-14-12-21(13-15-23)25-18-27(30)28-24(20-10-6-3-7-11-20)16-22(17-26(28)29-25)19-8-4-2-5-9-19/h2-17,25,29H,18H2,1H3. The van der Waals surface area contributed by atoms with E-state index in [0.29, 0.717) is 6.42 Å². The van der Waals surface area contributed by atoms with E-state index in [2.05, 4.69) is 41.7 Å². The lowest BCUT2D eigenvalue weighted by Crippen LogP contribution is -2.23. The number of nitrogens with one attached hydrogen (secondary N) is 1. The number of hydrogen-bond acceptors (Lipinski definition) is 3. The van der Waals surface area contributed by atoms with Gasteiger partial charge in [-0.3, -0.25) is 4.79 Å². The molecule has 3 heteroatoms. The van der Waals surface area contributed by atoms with Crippen LogP contribution in [0.15, 0.2) is 97.1 Å². The molecular weight excluding hydrogens is 382 g/mol. The fourth-order valence-electron chi connectivity index (χ4n) is 4.26. The van der Waals surface area contributed by atoms with Gasteiger partial charge in [-0.1, -0.05) is 72.8 Å². The number of ether oxygens (including phenoxy) is 1. The molecule has 31 heavy (non-hydrogen) atoms. The van der Waals surface area contributed by atoms with Gasteiger partial charge in [0, 0.05) is 17.7 Å². The van der Waals surface area contributed by atoms with Crippen LogP contribution in [0.3, 0.4) is 0 Å². The molecule has 0 spiro atoms. The highest BCUT2D eigenvalue weighted by atomic mass is 16.5. The lowest BCUT2D eigenvalue weighted by atomic mass is 9.85. The van der Waals surface area contributed by atoms with Crippen molar-refractivity contribution in [1.82, 2.24) is 0 Å². The van der Waals surface area contributed by atoms with E-state index >= 15 is 0 Å². The second-order valence-corrected chi connectivity index (χ2v) is 7.78. The molecule has 152 valence electrons. The van der Waals surface area contributed by atoms with Crippen molar-refractivity contribution >= 4 is 11.5 Å². The minimum absolute atomic E-state index is 0.0689. The van der Waals surface area contributed by atoms with Gasteiger partial charge < -0.3 is 10.1 Å². The fraction of sp³-hybridized carbons (Fsp3) is 0.107. The largest absolute Gasteiger partial charge is 0.497 e. The molecule has 1 N–H and O–H groups in total. The van der Waals surface area contributed by atoms with Crippen LogP contribution < -0.4 is 10.1 Å². The molecule has 0 saturated carbocycles. The van der Waals surface area contributed by atoms with E-state index in [-0.39, 0.29) is 11.8 Å². The van der Waals surface area contributed by atoms with Crippen LogP contribution in [0.5, 0.6) is 5.75 Å². The van der Waals surface area contributed by atoms with Crippen molar-refractivity contribution in [2.45, 2.75) is 12.5 Å². The average Bonchev–Trinajstić information content (AvgIpc) is 2.84. The van der Waals surface area contributed by atoms with Crippen LogP contribution in [0.1, 0.15) is 28.4 Å². The molecule has 0 fully saturated rings. The normalized spacial score (nSPS) is 15.1. The Hall–Kier alpha value is -3.85. The van der Waals surface area contributed by atoms with Gasteiger partial charge in [0.15, 0.2) is 5.78 Å². The zero-order valence-electron chi connectivity index (χ0n) is 17.3. The van der Waals surface area contributed by atoms with E-state index in [4.69, 9.17) is 4.74 Å². The number of Topliss-reactive ketones (excluding diaryl/α,β-unsaturated/α-hetero) is 1. The van der Waals surface area contributed by atoms with Crippen LogP contribution in [0.4, 0.5) is 5.69 Å². The number of fused-ring (bicyclic) bond motifs is 1. The third-order valence-corrected chi connectivity index (χ3v) is 5.85. The minimum Gasteiger partial charge on any atom is -0.497 e. The molecule has 1 aliphatic rings. The summed E-state index contributed by atoms with van der Waals surface area (Å²) in [6.45, 7) is 0. The first-order valence-corrected chi connectivity index (χ1v) is 10.5. The molecule has 0 bridgehead atoms. The topological polar surface area (TPSA) is 38.3 Å². The number of rotatable bonds is 4. The summed E-state index contributed by atoms with van der Waals surface area (Å²) in [7, 11) is 1.66. The molecule has 1 unspecified atom stereocenters. The van der Waals surface area contributed by atoms with Crippen molar-refractivity contribution in [3.8, 4) is 28.0 Å². The van der Waals surface area contributed by atoms with Gasteiger partial charge >= 0.3 is 0 Å². The molecule has 0 saturated heterocycles. The van der Waals surface area contributed by atoms with Crippen molar-refractivity contribution < 1.29 is 9.53 Å². The monoisotopic (exact) mass is 405 g/mol. The SMILES string of the molecule is COc1ccc(C2CC(=O)c3c(cc(-c4ccccc4)cc3-c3ccccc3)N2)cc1. The van der Waals surface area contributed by atoms with Gasteiger partial charge in [0.05, 0.1) is 13.2 Å². The summed E-state index contributed by atoms with van der Waals surface area (Å²) in [4.78, 5) is 13.4. The van der Waals surface area contributed by atoms with E-state index in [1.54, 1.807) is 7.11 Å². The van der Waals surface area contributed by atoms with Crippen LogP contribution in [-0.2, 0) is 0 Å². The third-order valence-electron chi connectivity index (χ3n) is 5.85. The second-order valence-electron chi connectivity index (χ2n) is 7.78. The third kappa shape index (κ3) is 3.71. The Morgan fingerprint density at radius 1 is 0.774 bits per heavy atom. The molecule has 1 aliphatic heterocycles. The van der Waals surface area contributed by atoms with Gasteiger partial charge in [0.25, 0.3) is 0 Å². The molecular formula is C28H23NO2. The Kier molecular flexibility index (Phi) is 5.01. The number of ketones is 1. The number of hydrogen-bond donors (Lipinski definition) is 1. The first-order chi connectivity index (χ1) is 15.2. The first-order valence-electron chi connectivity index (χ1n) is 10.5. The van der Waals surface area contributed by atoms with Gasteiger partial charge in [-0.15, -0.1) is 0 Å². The van der Waals surface area contributed by atoms with Crippen molar-refractivity contribution in [3.05, 3.63) is 108 Å². The molecule has 4 aromatic carbocycles. The molecule has 0 radical (unpaired) electrons. The molecule has 0 aliphatic carbocycles. The number of carbonyl (C=O) groups excluding carboxylic acids is 1. The van der Waals surface area contributed by atoms with Crippen LogP contribution in [0.2, 0.25) is 0 Å². The summed E-state index contributed by atoms with van der Waals surface area (Å²) in [5, 5.41) is 3.64. The van der Waals surface area contributed by atoms with Gasteiger partial charge in [-0.05, 0) is 52.1 Å². The van der Waals surface area contributed by atoms with Crippen LogP contribution in [0.25, 0.3) is 22.3 Å². The number of benzene rings is 4. The molecule has 0 amide bonds. The highest BCUT2D eigenvalue weighted by Gasteiger charge is 2.29. The Morgan fingerprint density at radius 3 is 2.06 bits per heavy atom. The van der Waals surface area contributed by atoms with Crippen molar-refractivity contribution in [3.63, 3.8) is 0 Å². The number of carbonyl (C=O) groups is 1. The predicted octanol–water partition coefficient (Wildman–Crippen LogP) is 6.77. The summed E-state index contributed by atoms with van der Waals surface area (Å²) in [6, 6.07) is 32.5. The maximum atomic E-state index is 13.4. The molecule has 1 heterocycles. The van der Waals surface area contributed by atoms with Crippen LogP contribution >= 0.6 is 0 Å². The zero-order chi connectivity index (χ0) is 21.2.